The zero-order valence-electron chi connectivity index (χ0n) is 41.2. The number of halogens is 6. The summed E-state index contributed by atoms with van der Waals surface area (Å²) in [4.78, 5) is 66.7. The molecule has 0 saturated carbocycles. The Balaban J connectivity index is 0.867. The highest BCUT2D eigenvalue weighted by atomic mass is 32.1. The number of likely N-dealkylation sites (tertiary alicyclic amines) is 1. The zero-order valence-corrected chi connectivity index (χ0v) is 42.8. The van der Waals surface area contributed by atoms with E-state index in [0.29, 0.717) is 37.1 Å². The molecule has 2 N–H and O–H groups in total. The first-order valence-corrected chi connectivity index (χ1v) is 24.7. The summed E-state index contributed by atoms with van der Waals surface area (Å²) in [6, 6.07) is 13.7. The van der Waals surface area contributed by atoms with Gasteiger partial charge in [-0.1, -0.05) is 45.0 Å². The molecule has 14 nitrogen and oxygen atoms in total. The minimum atomic E-state index is -5.28. The molecule has 4 heterocycles. The van der Waals surface area contributed by atoms with Gasteiger partial charge in [0.15, 0.2) is 28.3 Å². The van der Waals surface area contributed by atoms with Crippen LogP contribution in [0.3, 0.4) is 0 Å². The third kappa shape index (κ3) is 11.7. The molecule has 22 heteroatoms. The number of alkyl halides is 3. The maximum Gasteiger partial charge on any atom is 0.420 e. The number of thiazole rings is 1. The predicted octanol–water partition coefficient (Wildman–Crippen LogP) is 9.42. The number of thiocarbonyl (C=S) groups is 1. The van der Waals surface area contributed by atoms with Gasteiger partial charge in [-0.25, -0.2) is 18.2 Å². The number of hydrogen-bond acceptors (Lipinski definition) is 11. The third-order valence-electron chi connectivity index (χ3n) is 12.6. The fourth-order valence-corrected chi connectivity index (χ4v) is 10.0. The Morgan fingerprint density at radius 2 is 1.68 bits per heavy atom. The number of nitrogens with zero attached hydrogens (tertiary/aromatic N) is 6. The molecule has 2 aromatic heterocycles. The van der Waals surface area contributed by atoms with Gasteiger partial charge in [0.2, 0.25) is 17.7 Å². The van der Waals surface area contributed by atoms with Gasteiger partial charge in [-0.15, -0.1) is 11.3 Å². The molecular weight excluding hydrogens is 1010 g/mol. The van der Waals surface area contributed by atoms with Crippen LogP contribution in [0.5, 0.6) is 5.75 Å². The summed E-state index contributed by atoms with van der Waals surface area (Å²) < 4.78 is 99.0. The van der Waals surface area contributed by atoms with Crippen molar-refractivity contribution in [2.24, 2.45) is 5.41 Å². The first kappa shape index (κ1) is 54.8. The Morgan fingerprint density at radius 1 is 0.973 bits per heavy atom. The van der Waals surface area contributed by atoms with Gasteiger partial charge in [0.1, 0.15) is 35.5 Å². The maximum atomic E-state index is 15.7. The molecule has 2 atom stereocenters. The number of amides is 4. The van der Waals surface area contributed by atoms with Crippen LogP contribution in [0.25, 0.3) is 21.7 Å². The number of nitrogens with one attached hydrogen (secondary N) is 2. The number of carbonyl (C=O) groups is 4. The third-order valence-corrected chi connectivity index (χ3v) is 13.9. The van der Waals surface area contributed by atoms with Crippen LogP contribution in [0.15, 0.2) is 72.4 Å². The van der Waals surface area contributed by atoms with Crippen molar-refractivity contribution in [3.63, 3.8) is 0 Å². The highest BCUT2D eigenvalue weighted by Crippen LogP contribution is 2.42. The van der Waals surface area contributed by atoms with Gasteiger partial charge in [0.05, 0.1) is 51.9 Å². The molecule has 0 bridgehead atoms. The Morgan fingerprint density at radius 3 is 2.31 bits per heavy atom. The molecule has 4 amide bonds. The van der Waals surface area contributed by atoms with Gasteiger partial charge in [-0.2, -0.15) is 18.4 Å². The number of aromatic nitrogens is 2. The number of hydrogen-bond donors (Lipinski definition) is 2. The number of pyridine rings is 1. The first-order chi connectivity index (χ1) is 34.9. The molecular formula is C52H52F6N8O6S2. The second kappa shape index (κ2) is 22.3. The van der Waals surface area contributed by atoms with E-state index in [1.54, 1.807) is 16.8 Å². The maximum absolute atomic E-state index is 15.7. The van der Waals surface area contributed by atoms with Gasteiger partial charge in [0, 0.05) is 31.3 Å². The molecule has 2 aliphatic rings. The average Bonchev–Trinajstić information content (AvgIpc) is 4.05. The number of aryl methyl sites for hydroxylation is 1. The molecule has 2 aliphatic heterocycles. The van der Waals surface area contributed by atoms with Crippen molar-refractivity contribution in [1.82, 2.24) is 25.5 Å². The molecule has 74 heavy (non-hydrogen) atoms. The van der Waals surface area contributed by atoms with Crippen LogP contribution in [0, 0.1) is 41.1 Å². The van der Waals surface area contributed by atoms with Gasteiger partial charge in [-0.3, -0.25) is 29.1 Å². The first-order valence-electron chi connectivity index (χ1n) is 23.5. The lowest BCUT2D eigenvalue weighted by atomic mass is 9.85. The SMILES string of the molecule is Cc1ncsc1-c1ccc(CNC(=O)C2CCCN2C(=O)C(NC(=O)COCCCCOc2ccc(-c3ncc(N4C(=S)N(c5ccc(C#N)c(C(F)(F)F)c5F)C(=O)C4(C)C)cc3F)cc2F)C(C)(C)C)cc1. The molecule has 2 unspecified atom stereocenters. The van der Waals surface area contributed by atoms with Crippen molar-refractivity contribution in [2.75, 3.05) is 36.2 Å². The molecule has 0 spiro atoms. The Bertz CT molecular complexity index is 3010. The number of nitriles is 1. The summed E-state index contributed by atoms with van der Waals surface area (Å²) in [6.45, 7) is 10.6. The van der Waals surface area contributed by atoms with E-state index < -0.39 is 80.4 Å². The van der Waals surface area contributed by atoms with Gasteiger partial charge in [0.25, 0.3) is 5.91 Å². The number of anilines is 2. The largest absolute Gasteiger partial charge is 0.491 e. The van der Waals surface area contributed by atoms with Crippen molar-refractivity contribution >= 4 is 63.7 Å². The van der Waals surface area contributed by atoms with Gasteiger partial charge in [-0.05, 0) is 106 Å². The Labute approximate surface area is 432 Å². The minimum absolute atomic E-state index is 0.0169. The molecule has 390 valence electrons. The molecule has 5 aromatic rings. The normalized spacial score (nSPS) is 16.1. The summed E-state index contributed by atoms with van der Waals surface area (Å²) in [5.41, 5.74) is -1.77. The highest BCUT2D eigenvalue weighted by Gasteiger charge is 2.52. The molecule has 7 rings (SSSR count). The van der Waals surface area contributed by atoms with Crippen LogP contribution >= 0.6 is 23.6 Å². The van der Waals surface area contributed by atoms with Crippen molar-refractivity contribution in [2.45, 2.75) is 97.6 Å². The number of ether oxygens (including phenoxy) is 2. The van der Waals surface area contributed by atoms with E-state index in [2.05, 4.69) is 20.6 Å². The standard InChI is InChI=1S/C52H52F6N8O6S2/c1-29-44(74-28-62-29)31-13-11-30(12-14-31)25-61-46(68)38-10-9-19-64(38)47(69)45(50(2,3)4)63-40(67)27-71-20-7-8-21-72-39-18-16-32(22-35(39)53)43-36(54)23-34(26-60-43)66-49(73)65(48(70)51(66,5)6)37-17-15-33(24-59)41(42(37)55)52(56,57)58/h11-18,22-23,26,28,38,45H,7-10,19-21,25,27H2,1-6H3,(H,61,68)(H,63,67). The van der Waals surface area contributed by atoms with E-state index in [1.807, 2.05) is 52.0 Å². The lowest BCUT2D eigenvalue weighted by Gasteiger charge is -2.35. The number of unbranched alkanes of at least 4 members (excludes halogenated alkanes) is 1. The number of carbonyl (C=O) groups excluding carboxylic acids is 4. The van der Waals surface area contributed by atoms with E-state index in [4.69, 9.17) is 27.0 Å². The van der Waals surface area contributed by atoms with E-state index in [1.165, 1.54) is 36.9 Å². The molecule has 2 fully saturated rings. The molecule has 0 radical (unpaired) electrons. The van der Waals surface area contributed by atoms with Crippen LogP contribution in [-0.2, 0) is 36.6 Å². The predicted molar refractivity (Wildman–Crippen MR) is 268 cm³/mol. The average molecular weight is 1060 g/mol. The summed E-state index contributed by atoms with van der Waals surface area (Å²) in [5, 5.41) is 14.5. The summed E-state index contributed by atoms with van der Waals surface area (Å²) in [7, 11) is 0. The van der Waals surface area contributed by atoms with Crippen molar-refractivity contribution < 1.29 is 55.0 Å². The van der Waals surface area contributed by atoms with Crippen LogP contribution in [0.1, 0.15) is 82.7 Å². The van der Waals surface area contributed by atoms with E-state index in [-0.39, 0.29) is 60.9 Å². The van der Waals surface area contributed by atoms with Gasteiger partial charge < -0.3 is 29.9 Å². The Kier molecular flexibility index (Phi) is 16.5. The minimum Gasteiger partial charge on any atom is -0.491 e. The van der Waals surface area contributed by atoms with Crippen molar-refractivity contribution in [3.8, 4) is 33.5 Å². The summed E-state index contributed by atoms with van der Waals surface area (Å²) >= 11 is 6.99. The van der Waals surface area contributed by atoms with Crippen LogP contribution in [0.4, 0.5) is 37.7 Å². The van der Waals surface area contributed by atoms with Crippen LogP contribution in [-0.4, -0.2) is 87.6 Å². The second-order valence-electron chi connectivity index (χ2n) is 19.3. The monoisotopic (exact) mass is 1060 g/mol. The smallest absolute Gasteiger partial charge is 0.420 e. The number of rotatable bonds is 17. The highest BCUT2D eigenvalue weighted by molar-refractivity contribution is 7.81. The fourth-order valence-electron chi connectivity index (χ4n) is 8.71. The van der Waals surface area contributed by atoms with E-state index in [9.17, 15) is 32.3 Å². The van der Waals surface area contributed by atoms with Crippen LogP contribution in [0.2, 0.25) is 0 Å². The topological polar surface area (TPSA) is 170 Å². The van der Waals surface area contributed by atoms with Crippen molar-refractivity contribution in [1.29, 1.82) is 5.26 Å². The van der Waals surface area contributed by atoms with Crippen LogP contribution < -0.4 is 25.2 Å². The van der Waals surface area contributed by atoms with E-state index in [0.717, 1.165) is 57.1 Å². The quantitative estimate of drug-likeness (QED) is 0.0517. The lowest BCUT2D eigenvalue weighted by molar-refractivity contribution is -0.144. The fraction of sp³-hybridized carbons (Fsp3) is 0.385. The van der Waals surface area contributed by atoms with Gasteiger partial charge >= 0.3 is 6.18 Å². The van der Waals surface area contributed by atoms with Crippen molar-refractivity contribution in [3.05, 3.63) is 112 Å². The molecule has 0 aliphatic carbocycles. The summed E-state index contributed by atoms with van der Waals surface area (Å²) in [6.07, 6.45) is -2.20. The van der Waals surface area contributed by atoms with E-state index >= 15 is 13.2 Å². The summed E-state index contributed by atoms with van der Waals surface area (Å²) in [5.74, 6) is -5.92. The lowest BCUT2D eigenvalue weighted by Crippen LogP contribution is -2.58. The molecule has 3 aromatic carbocycles. The Hall–Kier alpha value is -6.96. The zero-order chi connectivity index (χ0) is 53.9. The molecule has 2 saturated heterocycles. The second-order valence-corrected chi connectivity index (χ2v) is 20.5. The number of benzene rings is 3.